The van der Waals surface area contributed by atoms with E-state index in [1.54, 1.807) is 12.0 Å². The van der Waals surface area contributed by atoms with Crippen LogP contribution in [0.25, 0.3) is 0 Å². The number of methoxy groups -OCH3 is 1. The van der Waals surface area contributed by atoms with Gasteiger partial charge >= 0.3 is 6.09 Å². The van der Waals surface area contributed by atoms with Crippen molar-refractivity contribution in [3.63, 3.8) is 0 Å². The molecule has 4 nitrogen and oxygen atoms in total. The summed E-state index contributed by atoms with van der Waals surface area (Å²) in [6, 6.07) is 7.76. The quantitative estimate of drug-likeness (QED) is 0.761. The number of piperidine rings is 1. The van der Waals surface area contributed by atoms with Crippen LogP contribution in [0.2, 0.25) is 5.02 Å². The number of carbonyl (C=O) groups excluding carboxylic acids is 1. The predicted molar refractivity (Wildman–Crippen MR) is 87.2 cm³/mol. The molecule has 1 saturated heterocycles. The monoisotopic (exact) mass is 325 g/mol. The highest BCUT2D eigenvalue weighted by molar-refractivity contribution is 6.30. The van der Waals surface area contributed by atoms with E-state index in [-0.39, 0.29) is 11.7 Å². The molecule has 1 heterocycles. The Balaban J connectivity index is 1.96. The fraction of sp³-hybridized carbons (Fsp3) is 0.588. The Hall–Kier alpha value is -1.26. The van der Waals surface area contributed by atoms with Crippen molar-refractivity contribution >= 4 is 17.7 Å². The number of unbranched alkanes of at least 4 members (excludes halogenated alkanes) is 1. The van der Waals surface area contributed by atoms with Crippen molar-refractivity contribution in [1.82, 2.24) is 4.90 Å². The van der Waals surface area contributed by atoms with Crippen LogP contribution in [-0.4, -0.2) is 37.8 Å². The van der Waals surface area contributed by atoms with Crippen molar-refractivity contribution in [2.75, 3.05) is 26.8 Å². The Bertz CT molecular complexity index is 481. The SMILES string of the molecule is CCCCOC(=O)N1CCC(OC)(c2ccc(Cl)cc2)CC1. The van der Waals surface area contributed by atoms with Gasteiger partial charge in [-0.1, -0.05) is 37.1 Å². The van der Waals surface area contributed by atoms with Gasteiger partial charge in [0.1, 0.15) is 0 Å². The van der Waals surface area contributed by atoms with E-state index in [1.807, 2.05) is 24.3 Å². The molecule has 1 aromatic carbocycles. The molecule has 5 heteroatoms. The summed E-state index contributed by atoms with van der Waals surface area (Å²) < 4.78 is 11.1. The molecular weight excluding hydrogens is 302 g/mol. The van der Waals surface area contributed by atoms with Crippen LogP contribution in [0, 0.1) is 0 Å². The van der Waals surface area contributed by atoms with Crippen molar-refractivity contribution in [3.8, 4) is 0 Å². The van der Waals surface area contributed by atoms with Crippen LogP contribution in [0.15, 0.2) is 24.3 Å². The van der Waals surface area contributed by atoms with Crippen molar-refractivity contribution in [2.24, 2.45) is 0 Å². The number of likely N-dealkylation sites (tertiary alicyclic amines) is 1. The normalized spacial score (nSPS) is 17.3. The molecule has 22 heavy (non-hydrogen) atoms. The van der Waals surface area contributed by atoms with Gasteiger partial charge in [-0.15, -0.1) is 0 Å². The second-order valence-electron chi connectivity index (χ2n) is 5.66. The fourth-order valence-electron chi connectivity index (χ4n) is 2.81. The lowest BCUT2D eigenvalue weighted by atomic mass is 9.84. The second kappa shape index (κ2) is 7.84. The van der Waals surface area contributed by atoms with Gasteiger partial charge in [-0.25, -0.2) is 4.79 Å². The molecular formula is C17H24ClNO3. The summed E-state index contributed by atoms with van der Waals surface area (Å²) in [5, 5.41) is 0.715. The highest BCUT2D eigenvalue weighted by atomic mass is 35.5. The van der Waals surface area contributed by atoms with Crippen LogP contribution in [-0.2, 0) is 15.1 Å². The third-order valence-corrected chi connectivity index (χ3v) is 4.57. The minimum Gasteiger partial charge on any atom is -0.449 e. The largest absolute Gasteiger partial charge is 0.449 e. The molecule has 0 aliphatic carbocycles. The highest BCUT2D eigenvalue weighted by Crippen LogP contribution is 2.36. The van der Waals surface area contributed by atoms with Crippen molar-refractivity contribution in [1.29, 1.82) is 0 Å². The molecule has 0 spiro atoms. The number of ether oxygens (including phenoxy) is 2. The molecule has 0 N–H and O–H groups in total. The molecule has 0 unspecified atom stereocenters. The van der Waals surface area contributed by atoms with E-state index in [2.05, 4.69) is 6.92 Å². The maximum Gasteiger partial charge on any atom is 0.409 e. The molecule has 1 aliphatic rings. The molecule has 2 rings (SSSR count). The highest BCUT2D eigenvalue weighted by Gasteiger charge is 2.37. The number of halogens is 1. The number of hydrogen-bond acceptors (Lipinski definition) is 3. The van der Waals surface area contributed by atoms with E-state index in [0.29, 0.717) is 24.7 Å². The van der Waals surface area contributed by atoms with Gasteiger partial charge in [-0.3, -0.25) is 0 Å². The van der Waals surface area contributed by atoms with Crippen molar-refractivity contribution in [3.05, 3.63) is 34.9 Å². The number of nitrogens with zero attached hydrogens (tertiary/aromatic N) is 1. The summed E-state index contributed by atoms with van der Waals surface area (Å²) in [7, 11) is 1.73. The predicted octanol–water partition coefficient (Wildman–Crippen LogP) is 4.21. The number of amides is 1. The lowest BCUT2D eigenvalue weighted by Gasteiger charge is -2.40. The Labute approximate surface area is 137 Å². The zero-order chi connectivity index (χ0) is 16.0. The summed E-state index contributed by atoms with van der Waals surface area (Å²) >= 11 is 5.95. The van der Waals surface area contributed by atoms with E-state index in [4.69, 9.17) is 21.1 Å². The molecule has 0 atom stereocenters. The van der Waals surface area contributed by atoms with E-state index in [9.17, 15) is 4.79 Å². The molecule has 122 valence electrons. The molecule has 1 aliphatic heterocycles. The van der Waals surface area contributed by atoms with E-state index in [1.165, 1.54) is 0 Å². The maximum atomic E-state index is 12.0. The molecule has 0 radical (unpaired) electrons. The van der Waals surface area contributed by atoms with Gasteiger partial charge in [0.25, 0.3) is 0 Å². The molecule has 1 fully saturated rings. The van der Waals surface area contributed by atoms with Gasteiger partial charge in [-0.2, -0.15) is 0 Å². The van der Waals surface area contributed by atoms with Gasteiger partial charge in [0.05, 0.1) is 12.2 Å². The zero-order valence-electron chi connectivity index (χ0n) is 13.3. The average molecular weight is 326 g/mol. The van der Waals surface area contributed by atoms with Crippen molar-refractivity contribution in [2.45, 2.75) is 38.2 Å². The molecule has 0 bridgehead atoms. The Morgan fingerprint density at radius 2 is 1.91 bits per heavy atom. The second-order valence-corrected chi connectivity index (χ2v) is 6.10. The molecule has 1 aromatic rings. The minimum absolute atomic E-state index is 0.214. The third kappa shape index (κ3) is 3.93. The standard InChI is InChI=1S/C17H24ClNO3/c1-3-4-13-22-16(20)19-11-9-17(21-2,10-12-19)14-5-7-15(18)8-6-14/h5-8H,3-4,9-13H2,1-2H3. The van der Waals surface area contributed by atoms with Gasteiger partial charge in [0, 0.05) is 25.2 Å². The third-order valence-electron chi connectivity index (χ3n) is 4.31. The zero-order valence-corrected chi connectivity index (χ0v) is 14.1. The molecule has 0 aromatic heterocycles. The van der Waals surface area contributed by atoms with Crippen LogP contribution in [0.3, 0.4) is 0 Å². The molecule has 1 amide bonds. The number of benzene rings is 1. The smallest absolute Gasteiger partial charge is 0.409 e. The summed E-state index contributed by atoms with van der Waals surface area (Å²) in [4.78, 5) is 13.8. The first-order valence-corrected chi connectivity index (χ1v) is 8.22. The van der Waals surface area contributed by atoms with E-state index in [0.717, 1.165) is 31.2 Å². The average Bonchev–Trinajstić information content (AvgIpc) is 2.55. The lowest BCUT2D eigenvalue weighted by molar-refractivity contribution is -0.0601. The maximum absolute atomic E-state index is 12.0. The first kappa shape index (κ1) is 17.1. The summed E-state index contributed by atoms with van der Waals surface area (Å²) in [5.41, 5.74) is 0.767. The number of hydrogen-bond donors (Lipinski definition) is 0. The van der Waals surface area contributed by atoms with E-state index >= 15 is 0 Å². The molecule has 0 saturated carbocycles. The minimum atomic E-state index is -0.342. The summed E-state index contributed by atoms with van der Waals surface area (Å²) in [5.74, 6) is 0. The Morgan fingerprint density at radius 1 is 1.27 bits per heavy atom. The van der Waals surface area contributed by atoms with Crippen LogP contribution in [0.5, 0.6) is 0 Å². The topological polar surface area (TPSA) is 38.8 Å². The van der Waals surface area contributed by atoms with Crippen LogP contribution in [0.1, 0.15) is 38.2 Å². The van der Waals surface area contributed by atoms with Gasteiger partial charge < -0.3 is 14.4 Å². The number of carbonyl (C=O) groups is 1. The van der Waals surface area contributed by atoms with Gasteiger partial charge in [-0.05, 0) is 37.0 Å². The van der Waals surface area contributed by atoms with E-state index < -0.39 is 0 Å². The van der Waals surface area contributed by atoms with Crippen LogP contribution in [0.4, 0.5) is 4.79 Å². The van der Waals surface area contributed by atoms with Gasteiger partial charge in [0.2, 0.25) is 0 Å². The lowest BCUT2D eigenvalue weighted by Crippen LogP contribution is -2.46. The first-order chi connectivity index (χ1) is 10.6. The Kier molecular flexibility index (Phi) is 6.09. The van der Waals surface area contributed by atoms with Crippen molar-refractivity contribution < 1.29 is 14.3 Å². The first-order valence-electron chi connectivity index (χ1n) is 7.84. The summed E-state index contributed by atoms with van der Waals surface area (Å²) in [6.45, 7) is 3.86. The summed E-state index contributed by atoms with van der Waals surface area (Å²) in [6.07, 6.45) is 3.24. The van der Waals surface area contributed by atoms with Crippen LogP contribution >= 0.6 is 11.6 Å². The fourth-order valence-corrected chi connectivity index (χ4v) is 2.94. The van der Waals surface area contributed by atoms with Gasteiger partial charge in [0.15, 0.2) is 0 Å². The Morgan fingerprint density at radius 3 is 2.45 bits per heavy atom. The van der Waals surface area contributed by atoms with Crippen LogP contribution < -0.4 is 0 Å². The number of rotatable bonds is 5.